The average molecular weight is 238 g/mol. The normalized spacial score (nSPS) is 22.4. The summed E-state index contributed by atoms with van der Waals surface area (Å²) in [5, 5.41) is 12.8. The minimum absolute atomic E-state index is 0.124. The highest BCUT2D eigenvalue weighted by molar-refractivity contribution is 6.02. The lowest BCUT2D eigenvalue weighted by molar-refractivity contribution is -0.138. The fraction of sp³-hybridized carbons (Fsp3) is 0.545. The molecule has 6 nitrogen and oxygen atoms in total. The zero-order valence-electron chi connectivity index (χ0n) is 9.50. The molecule has 17 heavy (non-hydrogen) atoms. The summed E-state index contributed by atoms with van der Waals surface area (Å²) in [6.07, 6.45) is 3.56. The van der Waals surface area contributed by atoms with Gasteiger partial charge in [0.15, 0.2) is 5.78 Å². The molecule has 2 unspecified atom stereocenters. The van der Waals surface area contributed by atoms with Crippen molar-refractivity contribution in [2.75, 3.05) is 13.7 Å². The van der Waals surface area contributed by atoms with Crippen LogP contribution in [0.4, 0.5) is 0 Å². The molecule has 1 aromatic heterocycles. The maximum Gasteiger partial charge on any atom is 0.307 e. The van der Waals surface area contributed by atoms with Gasteiger partial charge in [-0.25, -0.2) is 0 Å². The Hall–Kier alpha value is -1.69. The third-order valence-corrected chi connectivity index (χ3v) is 2.89. The fourth-order valence-electron chi connectivity index (χ4n) is 1.77. The van der Waals surface area contributed by atoms with Crippen molar-refractivity contribution >= 4 is 11.8 Å². The Morgan fingerprint density at radius 3 is 2.94 bits per heavy atom. The quantitative estimate of drug-likeness (QED) is 0.727. The van der Waals surface area contributed by atoms with Gasteiger partial charge in [-0.3, -0.25) is 14.3 Å². The van der Waals surface area contributed by atoms with E-state index in [2.05, 4.69) is 5.10 Å². The molecule has 1 fully saturated rings. The fourth-order valence-corrected chi connectivity index (χ4v) is 1.77. The third kappa shape index (κ3) is 2.52. The molecule has 0 radical (unpaired) electrons. The van der Waals surface area contributed by atoms with Crippen LogP contribution in [-0.2, 0) is 16.1 Å². The van der Waals surface area contributed by atoms with E-state index in [0.717, 1.165) is 0 Å². The molecule has 92 valence electrons. The minimum Gasteiger partial charge on any atom is -0.481 e. The molecule has 0 spiro atoms. The average Bonchev–Trinajstić information content (AvgIpc) is 2.98. The van der Waals surface area contributed by atoms with Crippen LogP contribution in [0, 0.1) is 11.8 Å². The lowest BCUT2D eigenvalue weighted by Gasteiger charge is -1.98. The number of aliphatic carboxylic acids is 1. The molecule has 0 bridgehead atoms. The molecule has 0 amide bonds. The summed E-state index contributed by atoms with van der Waals surface area (Å²) in [4.78, 5) is 22.5. The summed E-state index contributed by atoms with van der Waals surface area (Å²) in [7, 11) is 1.59. The van der Waals surface area contributed by atoms with Crippen molar-refractivity contribution in [3.63, 3.8) is 0 Å². The molecule has 1 saturated carbocycles. The van der Waals surface area contributed by atoms with Crippen LogP contribution >= 0.6 is 0 Å². The largest absolute Gasteiger partial charge is 0.481 e. The SMILES string of the molecule is COCCn1cc(C(=O)C2CC2C(=O)O)cn1. The number of Topliss-reactive ketones (excluding diaryl/α,β-unsaturated/α-hetero) is 1. The Balaban J connectivity index is 1.96. The van der Waals surface area contributed by atoms with Crippen molar-refractivity contribution in [3.8, 4) is 0 Å². The van der Waals surface area contributed by atoms with Gasteiger partial charge in [0.2, 0.25) is 0 Å². The zero-order chi connectivity index (χ0) is 12.4. The van der Waals surface area contributed by atoms with Crippen LogP contribution in [0.25, 0.3) is 0 Å². The number of methoxy groups -OCH3 is 1. The third-order valence-electron chi connectivity index (χ3n) is 2.89. The van der Waals surface area contributed by atoms with Crippen LogP contribution in [0.2, 0.25) is 0 Å². The Kier molecular flexibility index (Phi) is 3.23. The number of ether oxygens (including phenoxy) is 1. The molecular formula is C11H14N2O4. The number of carboxylic acids is 1. The van der Waals surface area contributed by atoms with Crippen molar-refractivity contribution in [2.45, 2.75) is 13.0 Å². The Morgan fingerprint density at radius 1 is 1.59 bits per heavy atom. The van der Waals surface area contributed by atoms with Crippen molar-refractivity contribution in [3.05, 3.63) is 18.0 Å². The molecule has 6 heteroatoms. The highest BCUT2D eigenvalue weighted by Gasteiger charge is 2.48. The highest BCUT2D eigenvalue weighted by Crippen LogP contribution is 2.40. The van der Waals surface area contributed by atoms with Crippen LogP contribution < -0.4 is 0 Å². The van der Waals surface area contributed by atoms with Crippen LogP contribution in [0.15, 0.2) is 12.4 Å². The first-order chi connectivity index (χ1) is 8.13. The van der Waals surface area contributed by atoms with E-state index in [0.29, 0.717) is 25.1 Å². The number of carboxylic acid groups (broad SMARTS) is 1. The summed E-state index contributed by atoms with van der Waals surface area (Å²) in [5.74, 6) is -1.89. The number of carbonyl (C=O) groups excluding carboxylic acids is 1. The van der Waals surface area contributed by atoms with Gasteiger partial charge in [0, 0.05) is 19.2 Å². The number of aromatic nitrogens is 2. The Labute approximate surface area is 98.2 Å². The number of carbonyl (C=O) groups is 2. The molecule has 1 aliphatic rings. The van der Waals surface area contributed by atoms with E-state index in [1.807, 2.05) is 0 Å². The van der Waals surface area contributed by atoms with E-state index in [1.165, 1.54) is 6.20 Å². The lowest BCUT2D eigenvalue weighted by Crippen LogP contribution is -2.08. The van der Waals surface area contributed by atoms with Crippen molar-refractivity contribution < 1.29 is 19.4 Å². The topological polar surface area (TPSA) is 81.4 Å². The second kappa shape index (κ2) is 4.67. The van der Waals surface area contributed by atoms with Crippen LogP contribution in [0.3, 0.4) is 0 Å². The predicted molar refractivity (Wildman–Crippen MR) is 57.7 cm³/mol. The summed E-state index contributed by atoms with van der Waals surface area (Å²) < 4.78 is 6.52. The minimum atomic E-state index is -0.893. The molecule has 0 saturated heterocycles. The van der Waals surface area contributed by atoms with Gasteiger partial charge in [-0.05, 0) is 6.42 Å². The smallest absolute Gasteiger partial charge is 0.307 e. The molecule has 1 heterocycles. The van der Waals surface area contributed by atoms with Gasteiger partial charge in [0.1, 0.15) is 0 Å². The maximum atomic E-state index is 11.9. The van der Waals surface area contributed by atoms with Crippen molar-refractivity contribution in [1.82, 2.24) is 9.78 Å². The second-order valence-corrected chi connectivity index (χ2v) is 4.14. The summed E-state index contributed by atoms with van der Waals surface area (Å²) in [6, 6.07) is 0. The van der Waals surface area contributed by atoms with E-state index < -0.39 is 11.9 Å². The van der Waals surface area contributed by atoms with E-state index >= 15 is 0 Å². The first-order valence-electron chi connectivity index (χ1n) is 5.42. The number of nitrogens with zero attached hydrogens (tertiary/aromatic N) is 2. The summed E-state index contributed by atoms with van der Waals surface area (Å²) >= 11 is 0. The van der Waals surface area contributed by atoms with Gasteiger partial charge in [0.05, 0.1) is 30.8 Å². The summed E-state index contributed by atoms with van der Waals surface area (Å²) in [6.45, 7) is 1.10. The molecular weight excluding hydrogens is 224 g/mol. The molecule has 0 aliphatic heterocycles. The molecule has 1 N–H and O–H groups in total. The van der Waals surface area contributed by atoms with E-state index in [-0.39, 0.29) is 11.7 Å². The van der Waals surface area contributed by atoms with Gasteiger partial charge >= 0.3 is 5.97 Å². The Morgan fingerprint density at radius 2 is 2.35 bits per heavy atom. The lowest BCUT2D eigenvalue weighted by atomic mass is 10.1. The van der Waals surface area contributed by atoms with E-state index in [4.69, 9.17) is 9.84 Å². The predicted octanol–water partition coefficient (Wildman–Crippen LogP) is 0.433. The number of ketones is 1. The molecule has 2 atom stereocenters. The van der Waals surface area contributed by atoms with Gasteiger partial charge < -0.3 is 9.84 Å². The standard InChI is InChI=1S/C11H14N2O4/c1-17-3-2-13-6-7(5-12-13)10(14)8-4-9(8)11(15)16/h5-6,8-9H,2-4H2,1H3,(H,15,16). The Bertz CT molecular complexity index is 440. The monoisotopic (exact) mass is 238 g/mol. The molecule has 1 aliphatic carbocycles. The van der Waals surface area contributed by atoms with Crippen molar-refractivity contribution in [2.24, 2.45) is 11.8 Å². The van der Waals surface area contributed by atoms with E-state index in [9.17, 15) is 9.59 Å². The molecule has 0 aromatic carbocycles. The zero-order valence-corrected chi connectivity index (χ0v) is 9.50. The molecule has 1 aromatic rings. The first kappa shape index (κ1) is 11.8. The summed E-state index contributed by atoms with van der Waals surface area (Å²) in [5.41, 5.74) is 0.481. The van der Waals surface area contributed by atoms with Crippen molar-refractivity contribution in [1.29, 1.82) is 0 Å². The highest BCUT2D eigenvalue weighted by atomic mass is 16.5. The van der Waals surface area contributed by atoms with Gasteiger partial charge in [-0.1, -0.05) is 0 Å². The number of hydrogen-bond acceptors (Lipinski definition) is 4. The van der Waals surface area contributed by atoms with Gasteiger partial charge in [0.25, 0.3) is 0 Å². The van der Waals surface area contributed by atoms with Gasteiger partial charge in [-0.2, -0.15) is 5.10 Å². The first-order valence-corrected chi connectivity index (χ1v) is 5.42. The van der Waals surface area contributed by atoms with E-state index in [1.54, 1.807) is 18.0 Å². The van der Waals surface area contributed by atoms with Crippen LogP contribution in [-0.4, -0.2) is 40.4 Å². The van der Waals surface area contributed by atoms with Crippen LogP contribution in [0.1, 0.15) is 16.8 Å². The molecule has 2 rings (SSSR count). The van der Waals surface area contributed by atoms with Gasteiger partial charge in [-0.15, -0.1) is 0 Å². The number of hydrogen-bond donors (Lipinski definition) is 1. The van der Waals surface area contributed by atoms with Crippen LogP contribution in [0.5, 0.6) is 0 Å². The maximum absolute atomic E-state index is 11.9. The second-order valence-electron chi connectivity index (χ2n) is 4.14. The number of rotatable bonds is 6.